The van der Waals surface area contributed by atoms with Crippen LogP contribution in [0.3, 0.4) is 0 Å². The minimum Gasteiger partial charge on any atom is -0.489 e. The van der Waals surface area contributed by atoms with Crippen molar-refractivity contribution in [2.45, 2.75) is 50.7 Å². The molecule has 4 bridgehead atoms. The van der Waals surface area contributed by atoms with Crippen LogP contribution in [0.2, 0.25) is 5.02 Å². The standard InChI is InChI=1S/C22H24ClNO2S/c23-18-1-3-19(4-2-18)26-12-17-8-20(27-13-17)21(25)24-22-9-14-5-15(10-22)7-16(6-14)11-22/h1-4,8,13-16H,5-7,9-12H2,(H,24,25). The Hall–Kier alpha value is -1.52. The zero-order valence-corrected chi connectivity index (χ0v) is 16.8. The predicted molar refractivity (Wildman–Crippen MR) is 108 cm³/mol. The van der Waals surface area contributed by atoms with Gasteiger partial charge in [-0.15, -0.1) is 11.3 Å². The smallest absolute Gasteiger partial charge is 0.261 e. The number of ether oxygens (including phenoxy) is 1. The van der Waals surface area contributed by atoms with Gasteiger partial charge in [0.2, 0.25) is 0 Å². The lowest BCUT2D eigenvalue weighted by atomic mass is 9.53. The Morgan fingerprint density at radius 2 is 1.74 bits per heavy atom. The van der Waals surface area contributed by atoms with Crippen LogP contribution in [0.5, 0.6) is 5.75 Å². The van der Waals surface area contributed by atoms with Crippen LogP contribution in [0.1, 0.15) is 53.8 Å². The lowest BCUT2D eigenvalue weighted by Gasteiger charge is -2.56. The van der Waals surface area contributed by atoms with E-state index in [-0.39, 0.29) is 11.4 Å². The molecule has 4 aliphatic carbocycles. The van der Waals surface area contributed by atoms with Crippen LogP contribution < -0.4 is 10.1 Å². The summed E-state index contributed by atoms with van der Waals surface area (Å²) >= 11 is 7.41. The lowest BCUT2D eigenvalue weighted by Crippen LogP contribution is -2.59. The average molecular weight is 402 g/mol. The molecular formula is C22H24ClNO2S. The molecule has 4 fully saturated rings. The largest absolute Gasteiger partial charge is 0.489 e. The van der Waals surface area contributed by atoms with Gasteiger partial charge < -0.3 is 10.1 Å². The van der Waals surface area contributed by atoms with Crippen molar-refractivity contribution in [2.24, 2.45) is 17.8 Å². The van der Waals surface area contributed by atoms with Gasteiger partial charge in [-0.3, -0.25) is 4.79 Å². The number of rotatable bonds is 5. The van der Waals surface area contributed by atoms with Gasteiger partial charge in [0.1, 0.15) is 12.4 Å². The Balaban J connectivity index is 1.22. The summed E-state index contributed by atoms with van der Waals surface area (Å²) in [6, 6.07) is 9.31. The highest BCUT2D eigenvalue weighted by Gasteiger charge is 2.51. The molecule has 142 valence electrons. The number of carbonyl (C=O) groups is 1. The van der Waals surface area contributed by atoms with Crippen molar-refractivity contribution in [1.29, 1.82) is 0 Å². The van der Waals surface area contributed by atoms with Gasteiger partial charge in [-0.1, -0.05) is 11.6 Å². The molecule has 2 aromatic rings. The van der Waals surface area contributed by atoms with E-state index in [1.165, 1.54) is 49.9 Å². The Kier molecular flexibility index (Phi) is 4.44. The van der Waals surface area contributed by atoms with E-state index in [1.54, 1.807) is 0 Å². The Bertz CT molecular complexity index is 809. The predicted octanol–water partition coefficient (Wildman–Crippen LogP) is 5.68. The lowest BCUT2D eigenvalue weighted by molar-refractivity contribution is -0.0166. The molecular weight excluding hydrogens is 378 g/mol. The second-order valence-electron chi connectivity index (χ2n) is 8.71. The van der Waals surface area contributed by atoms with E-state index in [9.17, 15) is 4.79 Å². The summed E-state index contributed by atoms with van der Waals surface area (Å²) in [5.41, 5.74) is 1.10. The Morgan fingerprint density at radius 3 is 2.37 bits per heavy atom. The molecule has 0 aliphatic heterocycles. The molecule has 0 saturated heterocycles. The van der Waals surface area contributed by atoms with Gasteiger partial charge in [0.15, 0.2) is 0 Å². The van der Waals surface area contributed by atoms with Crippen LogP contribution in [0, 0.1) is 17.8 Å². The molecule has 0 spiro atoms. The summed E-state index contributed by atoms with van der Waals surface area (Å²) in [5.74, 6) is 3.39. The molecule has 1 heterocycles. The highest BCUT2D eigenvalue weighted by atomic mass is 35.5. The number of benzene rings is 1. The van der Waals surface area contributed by atoms with Gasteiger partial charge in [0.25, 0.3) is 5.91 Å². The molecule has 4 aliphatic rings. The summed E-state index contributed by atoms with van der Waals surface area (Å²) in [7, 11) is 0. The monoisotopic (exact) mass is 401 g/mol. The van der Waals surface area contributed by atoms with Crippen molar-refractivity contribution in [3.05, 3.63) is 51.2 Å². The molecule has 1 aromatic heterocycles. The van der Waals surface area contributed by atoms with Gasteiger partial charge in [-0.25, -0.2) is 0 Å². The molecule has 6 rings (SSSR count). The van der Waals surface area contributed by atoms with Gasteiger partial charge in [-0.05, 0) is 92.0 Å². The van der Waals surface area contributed by atoms with Crippen LogP contribution in [0.15, 0.2) is 35.7 Å². The van der Waals surface area contributed by atoms with Crippen molar-refractivity contribution in [3.8, 4) is 5.75 Å². The quantitative estimate of drug-likeness (QED) is 0.699. The number of hydrogen-bond acceptors (Lipinski definition) is 3. The van der Waals surface area contributed by atoms with Gasteiger partial charge in [-0.2, -0.15) is 0 Å². The summed E-state index contributed by atoms with van der Waals surface area (Å²) in [5, 5.41) is 6.16. The SMILES string of the molecule is O=C(NC12CC3CC(CC(C3)C1)C2)c1cc(COc2ccc(Cl)cc2)cs1. The molecule has 4 saturated carbocycles. The fourth-order valence-corrected chi connectivity index (χ4v) is 6.75. The van der Waals surface area contributed by atoms with Gasteiger partial charge in [0, 0.05) is 16.1 Å². The highest BCUT2D eigenvalue weighted by molar-refractivity contribution is 7.12. The minimum atomic E-state index is 0.0653. The first-order valence-corrected chi connectivity index (χ1v) is 11.1. The van der Waals surface area contributed by atoms with Crippen LogP contribution in [-0.2, 0) is 6.61 Å². The number of amides is 1. The summed E-state index contributed by atoms with van der Waals surface area (Å²) in [6.07, 6.45) is 7.72. The third-order valence-electron chi connectivity index (χ3n) is 6.51. The molecule has 3 nitrogen and oxygen atoms in total. The maximum atomic E-state index is 12.9. The number of hydrogen-bond donors (Lipinski definition) is 1. The summed E-state index contributed by atoms with van der Waals surface area (Å²) in [6.45, 7) is 0.461. The zero-order chi connectivity index (χ0) is 18.4. The number of thiophene rings is 1. The second kappa shape index (κ2) is 6.82. The number of nitrogens with one attached hydrogen (secondary N) is 1. The van der Waals surface area contributed by atoms with E-state index < -0.39 is 0 Å². The molecule has 0 unspecified atom stereocenters. The fourth-order valence-electron chi connectivity index (χ4n) is 5.83. The van der Waals surface area contributed by atoms with Crippen molar-refractivity contribution in [2.75, 3.05) is 0 Å². The molecule has 1 N–H and O–H groups in total. The van der Waals surface area contributed by atoms with Gasteiger partial charge in [0.05, 0.1) is 4.88 Å². The first kappa shape index (κ1) is 17.6. The van der Waals surface area contributed by atoms with E-state index in [0.29, 0.717) is 11.6 Å². The first-order valence-electron chi connectivity index (χ1n) is 9.85. The van der Waals surface area contributed by atoms with E-state index >= 15 is 0 Å². The van der Waals surface area contributed by atoms with Crippen molar-refractivity contribution in [3.63, 3.8) is 0 Å². The van der Waals surface area contributed by atoms with Gasteiger partial charge >= 0.3 is 0 Å². The zero-order valence-electron chi connectivity index (χ0n) is 15.2. The number of halogens is 1. The molecule has 27 heavy (non-hydrogen) atoms. The molecule has 1 amide bonds. The fraction of sp³-hybridized carbons (Fsp3) is 0.500. The summed E-state index contributed by atoms with van der Waals surface area (Å²) < 4.78 is 5.79. The molecule has 1 aromatic carbocycles. The molecule has 0 radical (unpaired) electrons. The van der Waals surface area contributed by atoms with Crippen LogP contribution >= 0.6 is 22.9 Å². The topological polar surface area (TPSA) is 38.3 Å². The van der Waals surface area contributed by atoms with E-state index in [1.807, 2.05) is 35.7 Å². The maximum absolute atomic E-state index is 12.9. The molecule has 5 heteroatoms. The minimum absolute atomic E-state index is 0.0653. The Labute approximate surface area is 169 Å². The maximum Gasteiger partial charge on any atom is 0.261 e. The number of carbonyl (C=O) groups excluding carboxylic acids is 1. The van der Waals surface area contributed by atoms with Crippen LogP contribution in [-0.4, -0.2) is 11.4 Å². The first-order chi connectivity index (χ1) is 13.1. The average Bonchev–Trinajstić information content (AvgIpc) is 3.09. The van der Waals surface area contributed by atoms with Crippen molar-refractivity contribution >= 4 is 28.8 Å². The van der Waals surface area contributed by atoms with E-state index in [4.69, 9.17) is 16.3 Å². The van der Waals surface area contributed by atoms with Crippen LogP contribution in [0.25, 0.3) is 0 Å². The summed E-state index contributed by atoms with van der Waals surface area (Å²) in [4.78, 5) is 13.7. The van der Waals surface area contributed by atoms with Crippen molar-refractivity contribution in [1.82, 2.24) is 5.32 Å². The van der Waals surface area contributed by atoms with E-state index in [0.717, 1.165) is 33.9 Å². The third kappa shape index (κ3) is 3.62. The van der Waals surface area contributed by atoms with Crippen molar-refractivity contribution < 1.29 is 9.53 Å². The Morgan fingerprint density at radius 1 is 1.11 bits per heavy atom. The highest BCUT2D eigenvalue weighted by Crippen LogP contribution is 2.55. The van der Waals surface area contributed by atoms with E-state index in [2.05, 4.69) is 5.32 Å². The molecule has 0 atom stereocenters. The third-order valence-corrected chi connectivity index (χ3v) is 7.74. The normalized spacial score (nSPS) is 31.1. The van der Waals surface area contributed by atoms with Crippen LogP contribution in [0.4, 0.5) is 0 Å². The second-order valence-corrected chi connectivity index (χ2v) is 10.1.